The van der Waals surface area contributed by atoms with Crippen molar-refractivity contribution in [3.05, 3.63) is 103 Å². The van der Waals surface area contributed by atoms with Crippen molar-refractivity contribution in [2.24, 2.45) is 4.99 Å². The van der Waals surface area contributed by atoms with Gasteiger partial charge in [-0.3, -0.25) is 4.79 Å². The number of rotatable bonds is 8. The number of nitrogens with one attached hydrogen (secondary N) is 1. The van der Waals surface area contributed by atoms with Crippen LogP contribution < -0.4 is 14.8 Å². The summed E-state index contributed by atoms with van der Waals surface area (Å²) in [7, 11) is 1.60. The number of hydrogen-bond acceptors (Lipinski definition) is 6. The van der Waals surface area contributed by atoms with Crippen LogP contribution in [0.25, 0.3) is 0 Å². The van der Waals surface area contributed by atoms with Gasteiger partial charge in [0.1, 0.15) is 11.6 Å². The van der Waals surface area contributed by atoms with Gasteiger partial charge in [-0.1, -0.05) is 29.8 Å². The van der Waals surface area contributed by atoms with Gasteiger partial charge in [0.15, 0.2) is 11.5 Å². The number of aryl methyl sites for hydroxylation is 2. The Hall–Kier alpha value is -3.93. The lowest BCUT2D eigenvalue weighted by molar-refractivity contribution is 0.102. The highest BCUT2D eigenvalue weighted by Crippen LogP contribution is 2.41. The molecule has 0 unspecified atom stereocenters. The molecule has 202 valence electrons. The molecular weight excluding hydrogens is 586 g/mol. The maximum atomic E-state index is 13.4. The quantitative estimate of drug-likeness (QED) is 0.203. The SMILES string of the molecule is COc1cc(C=Nc2sc3c(c2C(=O)Nc2ccc(C)cc2)CCCC3)cc(Br)c1OCc1ccc(C#N)cc1. The Morgan fingerprint density at radius 2 is 1.88 bits per heavy atom. The monoisotopic (exact) mass is 613 g/mol. The molecule has 0 spiro atoms. The normalized spacial score (nSPS) is 12.6. The van der Waals surface area contributed by atoms with Crippen LogP contribution in [0.4, 0.5) is 10.7 Å². The van der Waals surface area contributed by atoms with E-state index in [1.807, 2.05) is 55.5 Å². The predicted molar refractivity (Wildman–Crippen MR) is 164 cm³/mol. The van der Waals surface area contributed by atoms with E-state index in [0.717, 1.165) is 58.1 Å². The molecule has 1 amide bonds. The molecule has 1 heterocycles. The lowest BCUT2D eigenvalue weighted by atomic mass is 9.95. The molecule has 40 heavy (non-hydrogen) atoms. The average molecular weight is 615 g/mol. The number of nitrogens with zero attached hydrogens (tertiary/aromatic N) is 2. The van der Waals surface area contributed by atoms with Gasteiger partial charge in [-0.05, 0) is 102 Å². The van der Waals surface area contributed by atoms with E-state index in [1.165, 1.54) is 4.88 Å². The summed E-state index contributed by atoms with van der Waals surface area (Å²) in [6.07, 6.45) is 5.83. The van der Waals surface area contributed by atoms with E-state index in [0.29, 0.717) is 34.2 Å². The first-order valence-corrected chi connectivity index (χ1v) is 14.6. The van der Waals surface area contributed by atoms with Crippen molar-refractivity contribution in [3.63, 3.8) is 0 Å². The van der Waals surface area contributed by atoms with Gasteiger partial charge in [0, 0.05) is 16.8 Å². The van der Waals surface area contributed by atoms with Gasteiger partial charge in [0.05, 0.1) is 28.8 Å². The molecule has 4 aromatic rings. The maximum Gasteiger partial charge on any atom is 0.259 e. The zero-order valence-electron chi connectivity index (χ0n) is 22.3. The van der Waals surface area contributed by atoms with Gasteiger partial charge >= 0.3 is 0 Å². The van der Waals surface area contributed by atoms with Crippen molar-refractivity contribution in [1.29, 1.82) is 5.26 Å². The molecule has 8 heteroatoms. The molecule has 0 saturated heterocycles. The summed E-state index contributed by atoms with van der Waals surface area (Å²) in [5.74, 6) is 1.02. The minimum Gasteiger partial charge on any atom is -0.493 e. The number of aliphatic imine (C=N–C) groups is 1. The Bertz CT molecular complexity index is 1600. The second-order valence-electron chi connectivity index (χ2n) is 9.60. The molecule has 0 fully saturated rings. The number of ether oxygens (including phenoxy) is 2. The Labute approximate surface area is 246 Å². The molecule has 0 atom stereocenters. The molecule has 3 aromatic carbocycles. The third-order valence-electron chi connectivity index (χ3n) is 6.74. The first kappa shape index (κ1) is 27.6. The van der Waals surface area contributed by atoms with Crippen LogP contribution in [0.15, 0.2) is 70.1 Å². The van der Waals surface area contributed by atoms with E-state index >= 15 is 0 Å². The van der Waals surface area contributed by atoms with E-state index in [2.05, 4.69) is 27.3 Å². The zero-order chi connectivity index (χ0) is 28.1. The summed E-state index contributed by atoms with van der Waals surface area (Å²) in [5, 5.41) is 12.8. The fraction of sp³-hybridized carbons (Fsp3) is 0.219. The highest BCUT2D eigenvalue weighted by Gasteiger charge is 2.25. The van der Waals surface area contributed by atoms with Crippen molar-refractivity contribution in [3.8, 4) is 17.6 Å². The first-order valence-electron chi connectivity index (χ1n) is 13.0. The minimum atomic E-state index is -0.124. The third-order valence-corrected chi connectivity index (χ3v) is 8.53. The van der Waals surface area contributed by atoms with Gasteiger partial charge in [0.25, 0.3) is 5.91 Å². The molecule has 0 radical (unpaired) electrons. The number of halogens is 1. The van der Waals surface area contributed by atoms with Crippen LogP contribution in [-0.4, -0.2) is 19.2 Å². The number of thiophene rings is 1. The third kappa shape index (κ3) is 6.27. The molecule has 1 aliphatic carbocycles. The van der Waals surface area contributed by atoms with Crippen molar-refractivity contribution in [2.75, 3.05) is 12.4 Å². The lowest BCUT2D eigenvalue weighted by Crippen LogP contribution is -2.14. The van der Waals surface area contributed by atoms with E-state index in [4.69, 9.17) is 19.7 Å². The summed E-state index contributed by atoms with van der Waals surface area (Å²) in [6.45, 7) is 2.35. The number of carbonyl (C=O) groups excluding carboxylic acids is 1. The standard InChI is InChI=1S/C32H28BrN3O3S/c1-20-7-13-24(14-8-20)36-31(37)29-25-5-3-4-6-28(25)40-32(29)35-18-23-15-26(33)30(27(16-23)38-2)39-19-22-11-9-21(17-34)10-12-22/h7-16,18H,3-6,19H2,1-2H3,(H,36,37). The molecule has 1 N–H and O–H groups in total. The molecule has 0 saturated carbocycles. The van der Waals surface area contributed by atoms with Crippen LogP contribution >= 0.6 is 27.3 Å². The van der Waals surface area contributed by atoms with Crippen molar-refractivity contribution < 1.29 is 14.3 Å². The molecule has 1 aromatic heterocycles. The highest BCUT2D eigenvalue weighted by atomic mass is 79.9. The zero-order valence-corrected chi connectivity index (χ0v) is 24.7. The molecular formula is C32H28BrN3O3S. The topological polar surface area (TPSA) is 83.7 Å². The Kier molecular flexibility index (Phi) is 8.63. The molecule has 0 aliphatic heterocycles. The van der Waals surface area contributed by atoms with Gasteiger partial charge < -0.3 is 14.8 Å². The fourth-order valence-corrected chi connectivity index (χ4v) is 6.43. The Balaban J connectivity index is 1.39. The van der Waals surface area contributed by atoms with E-state index in [1.54, 1.807) is 36.8 Å². The van der Waals surface area contributed by atoms with E-state index in [-0.39, 0.29) is 5.91 Å². The fourth-order valence-electron chi connectivity index (χ4n) is 4.63. The van der Waals surface area contributed by atoms with Crippen LogP contribution in [0, 0.1) is 18.3 Å². The predicted octanol–water partition coefficient (Wildman–Crippen LogP) is 8.16. The Morgan fingerprint density at radius 1 is 1.12 bits per heavy atom. The summed E-state index contributed by atoms with van der Waals surface area (Å²) in [5.41, 5.74) is 6.06. The number of methoxy groups -OCH3 is 1. The summed E-state index contributed by atoms with van der Waals surface area (Å²) in [6, 6.07) is 21.0. The largest absolute Gasteiger partial charge is 0.493 e. The van der Waals surface area contributed by atoms with Gasteiger partial charge in [-0.15, -0.1) is 11.3 Å². The van der Waals surface area contributed by atoms with E-state index < -0.39 is 0 Å². The molecule has 6 nitrogen and oxygen atoms in total. The van der Waals surface area contributed by atoms with Gasteiger partial charge in [-0.25, -0.2) is 4.99 Å². The molecule has 0 bridgehead atoms. The van der Waals surface area contributed by atoms with Crippen LogP contribution in [0.2, 0.25) is 0 Å². The van der Waals surface area contributed by atoms with E-state index in [9.17, 15) is 4.79 Å². The van der Waals surface area contributed by atoms with Crippen molar-refractivity contribution >= 4 is 50.1 Å². The smallest absolute Gasteiger partial charge is 0.259 e. The number of carbonyl (C=O) groups is 1. The molecule has 1 aliphatic rings. The second kappa shape index (κ2) is 12.5. The number of anilines is 1. The number of fused-ring (bicyclic) bond motifs is 1. The summed E-state index contributed by atoms with van der Waals surface area (Å²) >= 11 is 5.22. The minimum absolute atomic E-state index is 0.124. The van der Waals surface area contributed by atoms with Crippen LogP contribution in [0.5, 0.6) is 11.5 Å². The number of hydrogen-bond donors (Lipinski definition) is 1. The Morgan fingerprint density at radius 3 is 2.60 bits per heavy atom. The molecule has 5 rings (SSSR count). The highest BCUT2D eigenvalue weighted by molar-refractivity contribution is 9.10. The first-order chi connectivity index (χ1) is 19.4. The van der Waals surface area contributed by atoms with Crippen molar-refractivity contribution in [2.45, 2.75) is 39.2 Å². The van der Waals surface area contributed by atoms with Gasteiger partial charge in [0.2, 0.25) is 0 Å². The lowest BCUT2D eigenvalue weighted by Gasteiger charge is -2.14. The van der Waals surface area contributed by atoms with Crippen LogP contribution in [0.1, 0.15) is 55.9 Å². The van der Waals surface area contributed by atoms with Crippen LogP contribution in [0.3, 0.4) is 0 Å². The van der Waals surface area contributed by atoms with Crippen LogP contribution in [-0.2, 0) is 19.4 Å². The van der Waals surface area contributed by atoms with Gasteiger partial charge in [-0.2, -0.15) is 5.26 Å². The summed E-state index contributed by atoms with van der Waals surface area (Å²) in [4.78, 5) is 19.5. The van der Waals surface area contributed by atoms with Crippen molar-refractivity contribution in [1.82, 2.24) is 0 Å². The average Bonchev–Trinajstić information content (AvgIpc) is 3.35. The number of benzene rings is 3. The summed E-state index contributed by atoms with van der Waals surface area (Å²) < 4.78 is 12.4. The number of nitriles is 1. The maximum absolute atomic E-state index is 13.4. The second-order valence-corrected chi connectivity index (χ2v) is 11.5. The number of amides is 1.